The van der Waals surface area contributed by atoms with Crippen molar-refractivity contribution in [3.8, 4) is 5.88 Å². The van der Waals surface area contributed by atoms with Crippen LogP contribution in [0.3, 0.4) is 0 Å². The summed E-state index contributed by atoms with van der Waals surface area (Å²) >= 11 is 0. The van der Waals surface area contributed by atoms with Crippen molar-refractivity contribution in [3.05, 3.63) is 35.8 Å². The fourth-order valence-electron chi connectivity index (χ4n) is 1.94. The van der Waals surface area contributed by atoms with Crippen molar-refractivity contribution in [1.82, 2.24) is 20.3 Å². The van der Waals surface area contributed by atoms with E-state index < -0.39 is 5.82 Å². The van der Waals surface area contributed by atoms with Gasteiger partial charge in [0.1, 0.15) is 11.0 Å². The first-order valence-corrected chi connectivity index (χ1v) is 6.16. The first-order valence-electron chi connectivity index (χ1n) is 6.16. The van der Waals surface area contributed by atoms with Crippen LogP contribution in [0.1, 0.15) is 5.56 Å². The Morgan fingerprint density at radius 2 is 2.10 bits per heavy atom. The van der Waals surface area contributed by atoms with Gasteiger partial charge in [0.2, 0.25) is 11.8 Å². The number of fused-ring (bicyclic) bond motifs is 1. The van der Waals surface area contributed by atoms with E-state index in [0.29, 0.717) is 23.5 Å². The number of halogens is 1. The molecule has 3 rings (SSSR count). The van der Waals surface area contributed by atoms with Crippen molar-refractivity contribution in [1.29, 1.82) is 0 Å². The molecule has 0 aliphatic carbocycles. The van der Waals surface area contributed by atoms with Gasteiger partial charge in [-0.3, -0.25) is 0 Å². The lowest BCUT2D eigenvalue weighted by molar-refractivity contribution is 0.315. The zero-order valence-electron chi connectivity index (χ0n) is 11.4. The SMILES string of the molecule is COc1nc(N(C)Cc2ccc3nonc3c2)ncc1F. The molecule has 0 aliphatic rings. The highest BCUT2D eigenvalue weighted by atomic mass is 19.1. The van der Waals surface area contributed by atoms with Gasteiger partial charge in [0.15, 0.2) is 0 Å². The summed E-state index contributed by atoms with van der Waals surface area (Å²) in [4.78, 5) is 9.73. The predicted molar refractivity (Wildman–Crippen MR) is 72.5 cm³/mol. The van der Waals surface area contributed by atoms with E-state index in [2.05, 4.69) is 24.9 Å². The number of methoxy groups -OCH3 is 1. The molecule has 0 amide bonds. The van der Waals surface area contributed by atoms with Gasteiger partial charge in [0, 0.05) is 13.6 Å². The van der Waals surface area contributed by atoms with E-state index >= 15 is 0 Å². The molecule has 0 radical (unpaired) electrons. The number of rotatable bonds is 4. The lowest BCUT2D eigenvalue weighted by Crippen LogP contribution is -2.19. The van der Waals surface area contributed by atoms with Crippen LogP contribution >= 0.6 is 0 Å². The second kappa shape index (κ2) is 5.31. The molecule has 0 fully saturated rings. The van der Waals surface area contributed by atoms with Crippen LogP contribution in [0, 0.1) is 5.82 Å². The van der Waals surface area contributed by atoms with Crippen LogP contribution in [-0.2, 0) is 6.54 Å². The van der Waals surface area contributed by atoms with Crippen molar-refractivity contribution in [2.24, 2.45) is 0 Å². The Labute approximate surface area is 119 Å². The van der Waals surface area contributed by atoms with Crippen molar-refractivity contribution < 1.29 is 13.8 Å². The highest BCUT2D eigenvalue weighted by Crippen LogP contribution is 2.18. The van der Waals surface area contributed by atoms with E-state index in [1.54, 1.807) is 11.9 Å². The Hall–Kier alpha value is -2.77. The van der Waals surface area contributed by atoms with E-state index in [1.807, 2.05) is 18.2 Å². The molecule has 8 heteroatoms. The minimum Gasteiger partial charge on any atom is -0.479 e. The molecule has 0 N–H and O–H groups in total. The molecule has 1 aromatic carbocycles. The van der Waals surface area contributed by atoms with E-state index in [4.69, 9.17) is 4.74 Å². The van der Waals surface area contributed by atoms with Crippen LogP contribution in [0.2, 0.25) is 0 Å². The summed E-state index contributed by atoms with van der Waals surface area (Å²) in [6, 6.07) is 5.59. The summed E-state index contributed by atoms with van der Waals surface area (Å²) in [5, 5.41) is 7.54. The van der Waals surface area contributed by atoms with Crippen molar-refractivity contribution in [3.63, 3.8) is 0 Å². The van der Waals surface area contributed by atoms with Gasteiger partial charge in [0.25, 0.3) is 5.88 Å². The maximum Gasteiger partial charge on any atom is 0.255 e. The maximum absolute atomic E-state index is 13.3. The van der Waals surface area contributed by atoms with Crippen LogP contribution in [-0.4, -0.2) is 34.4 Å². The molecule has 7 nitrogen and oxygen atoms in total. The minimum atomic E-state index is -0.593. The van der Waals surface area contributed by atoms with E-state index in [1.165, 1.54) is 7.11 Å². The molecule has 0 bridgehead atoms. The highest BCUT2D eigenvalue weighted by Gasteiger charge is 2.11. The molecule has 0 atom stereocenters. The molecule has 3 aromatic rings. The van der Waals surface area contributed by atoms with Crippen LogP contribution in [0.4, 0.5) is 10.3 Å². The number of anilines is 1. The average molecular weight is 289 g/mol. The third-order valence-corrected chi connectivity index (χ3v) is 2.97. The lowest BCUT2D eigenvalue weighted by atomic mass is 10.2. The molecule has 0 unspecified atom stereocenters. The quantitative estimate of drug-likeness (QED) is 0.724. The number of hydrogen-bond donors (Lipinski definition) is 0. The zero-order valence-corrected chi connectivity index (χ0v) is 11.4. The highest BCUT2D eigenvalue weighted by molar-refractivity contribution is 5.73. The van der Waals surface area contributed by atoms with Gasteiger partial charge in [-0.15, -0.1) is 0 Å². The predicted octanol–water partition coefficient (Wildman–Crippen LogP) is 1.80. The molecule has 108 valence electrons. The summed E-state index contributed by atoms with van der Waals surface area (Å²) in [6.07, 6.45) is 1.09. The monoisotopic (exact) mass is 289 g/mol. The van der Waals surface area contributed by atoms with Crippen LogP contribution < -0.4 is 9.64 Å². The molecular weight excluding hydrogens is 277 g/mol. The van der Waals surface area contributed by atoms with E-state index in [0.717, 1.165) is 11.8 Å². The lowest BCUT2D eigenvalue weighted by Gasteiger charge is -2.17. The normalized spacial score (nSPS) is 10.8. The summed E-state index contributed by atoms with van der Waals surface area (Å²) < 4.78 is 22.8. The first kappa shape index (κ1) is 13.2. The maximum atomic E-state index is 13.3. The first-order chi connectivity index (χ1) is 10.2. The smallest absolute Gasteiger partial charge is 0.255 e. The number of nitrogens with zero attached hydrogens (tertiary/aromatic N) is 5. The third kappa shape index (κ3) is 2.60. The van der Waals surface area contributed by atoms with Gasteiger partial charge >= 0.3 is 0 Å². The van der Waals surface area contributed by atoms with Crippen LogP contribution in [0.15, 0.2) is 29.0 Å². The second-order valence-corrected chi connectivity index (χ2v) is 4.47. The summed E-state index contributed by atoms with van der Waals surface area (Å²) in [5.74, 6) is -0.306. The molecule has 2 heterocycles. The largest absolute Gasteiger partial charge is 0.479 e. The van der Waals surface area contributed by atoms with E-state index in [-0.39, 0.29) is 5.88 Å². The van der Waals surface area contributed by atoms with Crippen molar-refractivity contribution >= 4 is 17.0 Å². The Kier molecular flexibility index (Phi) is 3.35. The fraction of sp³-hybridized carbons (Fsp3) is 0.231. The molecule has 0 saturated heterocycles. The number of hydrogen-bond acceptors (Lipinski definition) is 7. The number of aromatic nitrogens is 4. The molecular formula is C13H12FN5O2. The van der Waals surface area contributed by atoms with Gasteiger partial charge < -0.3 is 9.64 Å². The molecule has 0 aliphatic heterocycles. The van der Waals surface area contributed by atoms with Gasteiger partial charge in [-0.2, -0.15) is 9.37 Å². The molecule has 0 saturated carbocycles. The Balaban J connectivity index is 1.83. The van der Waals surface area contributed by atoms with Gasteiger partial charge in [-0.1, -0.05) is 6.07 Å². The Morgan fingerprint density at radius 1 is 1.29 bits per heavy atom. The van der Waals surface area contributed by atoms with Gasteiger partial charge in [-0.25, -0.2) is 9.61 Å². The van der Waals surface area contributed by atoms with Crippen LogP contribution in [0.25, 0.3) is 11.0 Å². The fourth-order valence-corrected chi connectivity index (χ4v) is 1.94. The average Bonchev–Trinajstić information content (AvgIpc) is 2.95. The van der Waals surface area contributed by atoms with Gasteiger partial charge in [-0.05, 0) is 28.0 Å². The zero-order chi connectivity index (χ0) is 14.8. The van der Waals surface area contributed by atoms with Crippen LogP contribution in [0.5, 0.6) is 5.88 Å². The topological polar surface area (TPSA) is 77.2 Å². The van der Waals surface area contributed by atoms with Crippen molar-refractivity contribution in [2.75, 3.05) is 19.1 Å². The molecule has 2 aromatic heterocycles. The Morgan fingerprint density at radius 3 is 2.90 bits per heavy atom. The third-order valence-electron chi connectivity index (χ3n) is 2.97. The van der Waals surface area contributed by atoms with E-state index in [9.17, 15) is 4.39 Å². The molecule has 21 heavy (non-hydrogen) atoms. The minimum absolute atomic E-state index is 0.0806. The molecule has 0 spiro atoms. The van der Waals surface area contributed by atoms with Gasteiger partial charge in [0.05, 0.1) is 13.3 Å². The summed E-state index contributed by atoms with van der Waals surface area (Å²) in [5.41, 5.74) is 2.35. The number of benzene rings is 1. The summed E-state index contributed by atoms with van der Waals surface area (Å²) in [6.45, 7) is 0.525. The standard InChI is InChI=1S/C13H12FN5O2/c1-19(13-15-6-9(14)12(16-13)20-2)7-8-3-4-10-11(5-8)18-21-17-10/h3-6H,7H2,1-2H3. The van der Waals surface area contributed by atoms with Crippen molar-refractivity contribution in [2.45, 2.75) is 6.54 Å². The second-order valence-electron chi connectivity index (χ2n) is 4.47. The number of ether oxygens (including phenoxy) is 1. The summed E-state index contributed by atoms with van der Waals surface area (Å²) in [7, 11) is 3.17. The Bertz CT molecular complexity index is 776.